The van der Waals surface area contributed by atoms with Crippen molar-refractivity contribution < 1.29 is 9.15 Å². The Labute approximate surface area is 159 Å². The van der Waals surface area contributed by atoms with Gasteiger partial charge in [0, 0.05) is 17.5 Å². The number of benzene rings is 2. The summed E-state index contributed by atoms with van der Waals surface area (Å²) < 4.78 is 11.2. The van der Waals surface area contributed by atoms with Gasteiger partial charge in [0.05, 0.1) is 22.5 Å². The lowest BCUT2D eigenvalue weighted by Crippen LogP contribution is -2.34. The highest BCUT2D eigenvalue weighted by Crippen LogP contribution is 2.44. The second-order valence-electron chi connectivity index (χ2n) is 6.60. The van der Waals surface area contributed by atoms with Crippen molar-refractivity contribution in [2.45, 2.75) is 5.92 Å². The maximum atomic E-state index is 12.9. The maximum Gasteiger partial charge on any atom is 0.343 e. The number of aromatic nitrogens is 1. The maximum absolute atomic E-state index is 12.9. The molecule has 0 saturated heterocycles. The fourth-order valence-electron chi connectivity index (χ4n) is 3.86. The average molecular weight is 367 g/mol. The SMILES string of the molecule is N#CC1C(=N)Oc2c(c(=O)oc3ccccc23)C1c1ccnc2ccccc12. The van der Waals surface area contributed by atoms with Crippen molar-refractivity contribution in [2.24, 2.45) is 5.92 Å². The molecule has 28 heavy (non-hydrogen) atoms. The van der Waals surface area contributed by atoms with Gasteiger partial charge in [0.2, 0.25) is 5.90 Å². The second kappa shape index (κ2) is 6.03. The van der Waals surface area contributed by atoms with E-state index in [2.05, 4.69) is 11.1 Å². The minimum Gasteiger partial charge on any atom is -0.441 e. The van der Waals surface area contributed by atoms with Crippen LogP contribution in [0, 0.1) is 22.7 Å². The van der Waals surface area contributed by atoms with Crippen molar-refractivity contribution in [1.82, 2.24) is 4.98 Å². The van der Waals surface area contributed by atoms with Crippen LogP contribution in [-0.4, -0.2) is 10.9 Å². The van der Waals surface area contributed by atoms with E-state index in [1.165, 1.54) is 0 Å². The molecule has 6 heteroatoms. The molecule has 134 valence electrons. The predicted octanol–water partition coefficient (Wildman–Crippen LogP) is 3.98. The number of para-hydroxylation sites is 2. The number of hydrogen-bond donors (Lipinski definition) is 1. The summed E-state index contributed by atoms with van der Waals surface area (Å²) in [5, 5.41) is 19.5. The molecule has 5 rings (SSSR count). The zero-order valence-corrected chi connectivity index (χ0v) is 14.5. The van der Waals surface area contributed by atoms with Crippen LogP contribution in [0.5, 0.6) is 5.75 Å². The third-order valence-electron chi connectivity index (χ3n) is 5.09. The second-order valence-corrected chi connectivity index (χ2v) is 6.60. The fourth-order valence-corrected chi connectivity index (χ4v) is 3.86. The van der Waals surface area contributed by atoms with Gasteiger partial charge in [-0.25, -0.2) is 4.79 Å². The molecule has 1 aliphatic rings. The first-order valence-electron chi connectivity index (χ1n) is 8.74. The summed E-state index contributed by atoms with van der Waals surface area (Å²) in [6.45, 7) is 0. The highest BCUT2D eigenvalue weighted by molar-refractivity contribution is 5.94. The van der Waals surface area contributed by atoms with Crippen molar-refractivity contribution in [3.8, 4) is 11.8 Å². The van der Waals surface area contributed by atoms with Crippen molar-refractivity contribution in [3.05, 3.63) is 82.3 Å². The Kier molecular flexibility index (Phi) is 3.49. The normalized spacial score (nSPS) is 18.5. The number of ether oxygens (including phenoxy) is 1. The van der Waals surface area contributed by atoms with Gasteiger partial charge < -0.3 is 9.15 Å². The molecule has 0 saturated carbocycles. The van der Waals surface area contributed by atoms with Crippen LogP contribution in [0.4, 0.5) is 0 Å². The van der Waals surface area contributed by atoms with Crippen LogP contribution < -0.4 is 10.4 Å². The molecule has 4 aromatic rings. The van der Waals surface area contributed by atoms with Gasteiger partial charge in [-0.05, 0) is 29.8 Å². The van der Waals surface area contributed by atoms with E-state index in [1.54, 1.807) is 30.5 Å². The third-order valence-corrected chi connectivity index (χ3v) is 5.09. The van der Waals surface area contributed by atoms with Gasteiger partial charge in [-0.2, -0.15) is 5.26 Å². The molecular weight excluding hydrogens is 354 g/mol. The van der Waals surface area contributed by atoms with Crippen molar-refractivity contribution in [2.75, 3.05) is 0 Å². The number of nitriles is 1. The Hall–Kier alpha value is -3.98. The molecule has 0 fully saturated rings. The van der Waals surface area contributed by atoms with Crippen LogP contribution in [0.15, 0.2) is 70.0 Å². The molecule has 2 unspecified atom stereocenters. The first kappa shape index (κ1) is 16.2. The van der Waals surface area contributed by atoms with Crippen molar-refractivity contribution in [1.29, 1.82) is 10.7 Å². The molecular formula is C22H13N3O3. The van der Waals surface area contributed by atoms with Crippen LogP contribution in [-0.2, 0) is 0 Å². The summed E-state index contributed by atoms with van der Waals surface area (Å²) in [5.41, 5.74) is 1.58. The molecule has 6 nitrogen and oxygen atoms in total. The van der Waals surface area contributed by atoms with Gasteiger partial charge in [-0.15, -0.1) is 0 Å². The Balaban J connectivity index is 1.90. The summed E-state index contributed by atoms with van der Waals surface area (Å²) >= 11 is 0. The van der Waals surface area contributed by atoms with Crippen LogP contribution in [0.25, 0.3) is 21.9 Å². The number of hydrogen-bond acceptors (Lipinski definition) is 6. The van der Waals surface area contributed by atoms with E-state index in [4.69, 9.17) is 14.6 Å². The number of fused-ring (bicyclic) bond motifs is 4. The highest BCUT2D eigenvalue weighted by atomic mass is 16.5. The summed E-state index contributed by atoms with van der Waals surface area (Å²) in [7, 11) is 0. The lowest BCUT2D eigenvalue weighted by Gasteiger charge is -2.30. The van der Waals surface area contributed by atoms with E-state index >= 15 is 0 Å². The van der Waals surface area contributed by atoms with Gasteiger partial charge in [0.25, 0.3) is 0 Å². The van der Waals surface area contributed by atoms with Gasteiger partial charge in [-0.1, -0.05) is 30.3 Å². The van der Waals surface area contributed by atoms with E-state index < -0.39 is 17.5 Å². The molecule has 3 heterocycles. The highest BCUT2D eigenvalue weighted by Gasteiger charge is 2.41. The summed E-state index contributed by atoms with van der Waals surface area (Å²) in [6, 6.07) is 18.5. The molecule has 2 atom stereocenters. The van der Waals surface area contributed by atoms with Gasteiger partial charge >= 0.3 is 5.63 Å². The summed E-state index contributed by atoms with van der Waals surface area (Å²) in [5.74, 6) is -1.52. The van der Waals surface area contributed by atoms with Gasteiger partial charge in [0.15, 0.2) is 5.75 Å². The van der Waals surface area contributed by atoms with E-state index in [0.717, 1.165) is 16.5 Å². The molecule has 2 aromatic carbocycles. The molecule has 0 amide bonds. The van der Waals surface area contributed by atoms with E-state index in [-0.39, 0.29) is 17.2 Å². The lowest BCUT2D eigenvalue weighted by molar-refractivity contribution is 0.432. The van der Waals surface area contributed by atoms with Crippen LogP contribution in [0.3, 0.4) is 0 Å². The van der Waals surface area contributed by atoms with Gasteiger partial charge in [0.1, 0.15) is 11.5 Å². The Bertz CT molecular complexity index is 1360. The van der Waals surface area contributed by atoms with Crippen molar-refractivity contribution >= 4 is 27.8 Å². The average Bonchev–Trinajstić information content (AvgIpc) is 2.72. The molecule has 1 N–H and O–H groups in total. The first-order chi connectivity index (χ1) is 13.7. The minimum absolute atomic E-state index is 0.184. The molecule has 0 bridgehead atoms. The predicted molar refractivity (Wildman–Crippen MR) is 104 cm³/mol. The van der Waals surface area contributed by atoms with E-state index in [0.29, 0.717) is 11.0 Å². The fraction of sp³-hybridized carbons (Fsp3) is 0.0909. The summed E-state index contributed by atoms with van der Waals surface area (Å²) in [4.78, 5) is 17.3. The molecule has 2 aromatic heterocycles. The lowest BCUT2D eigenvalue weighted by atomic mass is 9.78. The molecule has 0 spiro atoms. The number of rotatable bonds is 1. The monoisotopic (exact) mass is 367 g/mol. The van der Waals surface area contributed by atoms with E-state index in [9.17, 15) is 10.1 Å². The minimum atomic E-state index is -0.942. The molecule has 0 aliphatic carbocycles. The Morgan fingerprint density at radius 1 is 1.04 bits per heavy atom. The Morgan fingerprint density at radius 3 is 2.61 bits per heavy atom. The first-order valence-corrected chi connectivity index (χ1v) is 8.74. The van der Waals surface area contributed by atoms with Crippen LogP contribution >= 0.6 is 0 Å². The van der Waals surface area contributed by atoms with Crippen LogP contribution in [0.1, 0.15) is 17.0 Å². The number of nitrogens with one attached hydrogen (secondary N) is 1. The smallest absolute Gasteiger partial charge is 0.343 e. The molecule has 1 aliphatic heterocycles. The quantitative estimate of drug-likeness (QED) is 0.513. The Morgan fingerprint density at radius 2 is 1.79 bits per heavy atom. The summed E-state index contributed by atoms with van der Waals surface area (Å²) in [6.07, 6.45) is 1.65. The number of pyridine rings is 1. The van der Waals surface area contributed by atoms with Gasteiger partial charge in [-0.3, -0.25) is 10.4 Å². The third kappa shape index (κ3) is 2.23. The number of nitrogens with zero attached hydrogens (tertiary/aromatic N) is 2. The van der Waals surface area contributed by atoms with Crippen LogP contribution in [0.2, 0.25) is 0 Å². The topological polar surface area (TPSA) is 100.0 Å². The molecule has 0 radical (unpaired) electrons. The zero-order chi connectivity index (χ0) is 19.3. The van der Waals surface area contributed by atoms with E-state index in [1.807, 2.05) is 30.3 Å². The largest absolute Gasteiger partial charge is 0.441 e. The zero-order valence-electron chi connectivity index (χ0n) is 14.5. The standard InChI is InChI=1S/C22H13N3O3/c23-11-15-18(13-9-10-25-16-7-3-1-5-12(13)16)19-20(28-21(15)24)14-6-2-4-8-17(14)27-22(19)26/h1-10,15,18,24H. The van der Waals surface area contributed by atoms with Crippen molar-refractivity contribution in [3.63, 3.8) is 0 Å².